The van der Waals surface area contributed by atoms with Gasteiger partial charge in [0.15, 0.2) is 13.1 Å². The predicted molar refractivity (Wildman–Crippen MR) is 319 cm³/mol. The molecule has 4 unspecified atom stereocenters. The maximum atomic E-state index is 12.8. The summed E-state index contributed by atoms with van der Waals surface area (Å²) in [5.41, 5.74) is 0. The number of aliphatic hydroxyl groups is 2. The lowest BCUT2D eigenvalue weighted by Gasteiger charge is -2.30. The number of nitrogens with one attached hydrogen (secondary N) is 2. The first kappa shape index (κ1) is 80.9. The first-order chi connectivity index (χ1) is 37.3. The number of likely N-dealkylation sites (N-methyl/N-ethyl adjacent to an activating group) is 2. The molecule has 2 amide bonds. The number of rotatable bonds is 53. The third-order valence-corrected chi connectivity index (χ3v) is 14.1. The minimum atomic E-state index is -0.759. The Balaban J connectivity index is -0.0000296. The van der Waals surface area contributed by atoms with Crippen molar-refractivity contribution in [1.29, 1.82) is 0 Å². The Morgan fingerprint density at radius 3 is 1.12 bits per heavy atom. The summed E-state index contributed by atoms with van der Waals surface area (Å²) < 4.78 is 22.3. The van der Waals surface area contributed by atoms with E-state index in [2.05, 4.69) is 36.6 Å². The Morgan fingerprint density at radius 1 is 0.463 bits per heavy atom. The van der Waals surface area contributed by atoms with E-state index in [0.717, 1.165) is 154 Å². The van der Waals surface area contributed by atoms with Gasteiger partial charge in [0.2, 0.25) is 11.8 Å². The van der Waals surface area contributed by atoms with Crippen LogP contribution in [0, 0.1) is 0 Å². The molecule has 470 valence electrons. The Kier molecular flexibility index (Phi) is 54.3. The summed E-state index contributed by atoms with van der Waals surface area (Å²) in [6.07, 6.45) is 36.0. The Morgan fingerprint density at radius 2 is 0.787 bits per heavy atom. The van der Waals surface area contributed by atoms with E-state index < -0.39 is 24.4 Å². The van der Waals surface area contributed by atoms with Crippen LogP contribution in [0.3, 0.4) is 0 Å². The molecule has 0 heterocycles. The molecule has 4 N–H and O–H groups in total. The van der Waals surface area contributed by atoms with Crippen LogP contribution in [0.2, 0.25) is 0 Å². The lowest BCUT2D eigenvalue weighted by molar-refractivity contribution is -0.883. The van der Waals surface area contributed by atoms with Crippen LogP contribution < -0.4 is 23.0 Å². The third kappa shape index (κ3) is 52.8. The fourth-order valence-corrected chi connectivity index (χ4v) is 9.10. The summed E-state index contributed by atoms with van der Waals surface area (Å²) in [6, 6.07) is 0. The summed E-state index contributed by atoms with van der Waals surface area (Å²) in [7, 11) is 7.56. The lowest BCUT2D eigenvalue weighted by atomic mass is 10.0. The summed E-state index contributed by atoms with van der Waals surface area (Å²) in [5, 5.41) is 28.0. The van der Waals surface area contributed by atoms with Gasteiger partial charge in [0.25, 0.3) is 0 Å². The predicted octanol–water partition coefficient (Wildman–Crippen LogP) is 8.10. The van der Waals surface area contributed by atoms with Gasteiger partial charge in [-0.25, -0.2) is 9.59 Å². The SMILES string of the molecule is CCCCCC(OC(=O)C[N+](C)(C)CCOC(C)=O)C(O)C/C=C\CCCCCCCC(=O)NCCCCCCCCCCNC(=O)CCCCCCC/C=C\CC(O)C(CCCCC)OC(=O)C[N+](C)(C)CCOC(C)=O.Cl.[Cl-]. The first-order valence-electron chi connectivity index (χ1n) is 30.8. The lowest BCUT2D eigenvalue weighted by Crippen LogP contribution is -3.00. The second-order valence-corrected chi connectivity index (χ2v) is 23.1. The van der Waals surface area contributed by atoms with Gasteiger partial charge in [0.05, 0.1) is 40.4 Å². The summed E-state index contributed by atoms with van der Waals surface area (Å²) >= 11 is 0. The number of hydrogen-bond acceptors (Lipinski definition) is 12. The standard InChI is InChI=1S/C62H114N4O12.2ClH/c1-9-11-31-41-57(77-61(73)51-65(5,6)47-49-75-53(3)67)55(69)39-33-25-19-13-15-21-27-35-43-59(71)63-45-37-29-23-17-18-24-30-38-46-64-60(72)44-36-28-22-16-14-20-26-34-40-56(70)58(42-32-12-10-2)78-62(74)52-66(7,8)48-50-76-54(4)68;;/h25-26,33-34,55-58,69-70H,9-24,27-32,35-52H2,1-8H3;2*1H/p+1/b33-25-,34-26-;;. The quantitative estimate of drug-likeness (QED) is 0.0150. The Labute approximate surface area is 498 Å². The fraction of sp³-hybridized carbons (Fsp3) is 0.839. The zero-order valence-corrected chi connectivity index (χ0v) is 53.1. The summed E-state index contributed by atoms with van der Waals surface area (Å²) in [5.74, 6) is -1.11. The molecule has 0 aromatic heterocycles. The van der Waals surface area contributed by atoms with Crippen LogP contribution in [-0.4, -0.2) is 160 Å². The number of nitrogens with zero attached hydrogens (tertiary/aromatic N) is 2. The molecule has 0 saturated carbocycles. The fourth-order valence-electron chi connectivity index (χ4n) is 9.10. The molecule has 16 nitrogen and oxygen atoms in total. The van der Waals surface area contributed by atoms with Gasteiger partial charge in [-0.3, -0.25) is 19.2 Å². The van der Waals surface area contributed by atoms with Crippen LogP contribution in [0.4, 0.5) is 0 Å². The van der Waals surface area contributed by atoms with Crippen molar-refractivity contribution in [3.8, 4) is 0 Å². The van der Waals surface area contributed by atoms with E-state index in [1.807, 2.05) is 40.3 Å². The van der Waals surface area contributed by atoms with E-state index in [1.54, 1.807) is 0 Å². The maximum absolute atomic E-state index is 12.8. The molecule has 0 aliphatic carbocycles. The number of quaternary nitrogens is 2. The topological polar surface area (TPSA) is 204 Å². The Hall–Kier alpha value is -3.28. The number of esters is 4. The van der Waals surface area contributed by atoms with E-state index in [0.29, 0.717) is 60.6 Å². The number of carbonyl (C=O) groups is 6. The van der Waals surface area contributed by atoms with Crippen LogP contribution in [0.5, 0.6) is 0 Å². The molecule has 4 atom stereocenters. The highest BCUT2D eigenvalue weighted by Gasteiger charge is 2.29. The molecule has 18 heteroatoms. The Bertz CT molecular complexity index is 1520. The van der Waals surface area contributed by atoms with Crippen molar-refractivity contribution in [2.75, 3.05) is 80.7 Å². The first-order valence-corrected chi connectivity index (χ1v) is 30.8. The molecular formula is C62H117Cl2N4O12+. The number of hydrogen-bond donors (Lipinski definition) is 4. The average molecular weight is 1180 g/mol. The minimum absolute atomic E-state index is 0. The van der Waals surface area contributed by atoms with Crippen molar-refractivity contribution in [1.82, 2.24) is 10.6 Å². The zero-order valence-electron chi connectivity index (χ0n) is 51.6. The number of allylic oxidation sites excluding steroid dienone is 2. The number of unbranched alkanes of at least 4 members (excludes halogenated alkanes) is 21. The second kappa shape index (κ2) is 53.7. The van der Waals surface area contributed by atoms with Gasteiger partial charge in [-0.2, -0.15) is 0 Å². The molecule has 0 aromatic carbocycles. The molecule has 0 rings (SSSR count). The van der Waals surface area contributed by atoms with Crippen LogP contribution in [0.15, 0.2) is 24.3 Å². The van der Waals surface area contributed by atoms with Crippen LogP contribution >= 0.6 is 12.4 Å². The van der Waals surface area contributed by atoms with E-state index in [4.69, 9.17) is 18.9 Å². The van der Waals surface area contributed by atoms with E-state index in [9.17, 15) is 39.0 Å². The molecule has 0 saturated heterocycles. The van der Waals surface area contributed by atoms with Crippen molar-refractivity contribution < 1.29 is 79.3 Å². The molecule has 0 aliphatic rings. The van der Waals surface area contributed by atoms with E-state index in [-0.39, 0.29) is 86.8 Å². The largest absolute Gasteiger partial charge is 1.00 e. The van der Waals surface area contributed by atoms with Crippen molar-refractivity contribution in [2.24, 2.45) is 0 Å². The maximum Gasteiger partial charge on any atom is 0.362 e. The van der Waals surface area contributed by atoms with Crippen molar-refractivity contribution in [2.45, 2.75) is 258 Å². The highest BCUT2D eigenvalue weighted by Crippen LogP contribution is 2.18. The van der Waals surface area contributed by atoms with Gasteiger partial charge in [-0.1, -0.05) is 141 Å². The molecule has 0 aromatic rings. The zero-order chi connectivity index (χ0) is 58.1. The highest BCUT2D eigenvalue weighted by atomic mass is 35.5. The monoisotopic (exact) mass is 1180 g/mol. The summed E-state index contributed by atoms with van der Waals surface area (Å²) in [6.45, 7) is 10.2. The van der Waals surface area contributed by atoms with E-state index >= 15 is 0 Å². The van der Waals surface area contributed by atoms with Gasteiger partial charge in [0, 0.05) is 39.8 Å². The van der Waals surface area contributed by atoms with Crippen LogP contribution in [-0.2, 0) is 47.7 Å². The van der Waals surface area contributed by atoms with Crippen molar-refractivity contribution in [3.63, 3.8) is 0 Å². The second-order valence-electron chi connectivity index (χ2n) is 23.1. The van der Waals surface area contributed by atoms with Crippen LogP contribution in [0.1, 0.15) is 233 Å². The molecular weight excluding hydrogens is 1060 g/mol. The van der Waals surface area contributed by atoms with Gasteiger partial charge in [-0.05, 0) is 89.9 Å². The summed E-state index contributed by atoms with van der Waals surface area (Å²) in [4.78, 5) is 72.4. The number of aliphatic hydroxyl groups excluding tert-OH is 2. The average Bonchev–Trinajstić information content (AvgIpc) is 3.36. The van der Waals surface area contributed by atoms with Crippen molar-refractivity contribution >= 4 is 48.1 Å². The molecule has 0 radical (unpaired) electrons. The van der Waals surface area contributed by atoms with Gasteiger partial charge in [-0.15, -0.1) is 12.4 Å². The van der Waals surface area contributed by atoms with Gasteiger partial charge >= 0.3 is 23.9 Å². The molecule has 0 spiro atoms. The normalized spacial score (nSPS) is 13.2. The van der Waals surface area contributed by atoms with Crippen LogP contribution in [0.25, 0.3) is 0 Å². The third-order valence-electron chi connectivity index (χ3n) is 14.1. The minimum Gasteiger partial charge on any atom is -1.00 e. The van der Waals surface area contributed by atoms with Gasteiger partial charge in [0.1, 0.15) is 38.5 Å². The number of ether oxygens (including phenoxy) is 4. The smallest absolute Gasteiger partial charge is 0.362 e. The number of amides is 2. The highest BCUT2D eigenvalue weighted by molar-refractivity contribution is 5.85. The number of halogens is 2. The molecule has 0 fully saturated rings. The molecule has 0 aliphatic heterocycles. The van der Waals surface area contributed by atoms with Gasteiger partial charge < -0.3 is 61.2 Å². The molecule has 80 heavy (non-hydrogen) atoms. The van der Waals surface area contributed by atoms with Crippen molar-refractivity contribution in [3.05, 3.63) is 24.3 Å². The number of carbonyl (C=O) groups excluding carboxylic acids is 6. The van der Waals surface area contributed by atoms with E-state index in [1.165, 1.54) is 39.5 Å². The molecule has 0 bridgehead atoms.